The van der Waals surface area contributed by atoms with Gasteiger partial charge in [-0.05, 0) is 30.5 Å². The molecule has 1 aliphatic rings. The van der Waals surface area contributed by atoms with Crippen LogP contribution >= 0.6 is 0 Å². The summed E-state index contributed by atoms with van der Waals surface area (Å²) in [7, 11) is 0. The van der Waals surface area contributed by atoms with E-state index in [9.17, 15) is 23.1 Å². The second-order valence-electron chi connectivity index (χ2n) is 5.43. The van der Waals surface area contributed by atoms with Crippen molar-refractivity contribution in [2.45, 2.75) is 38.4 Å². The summed E-state index contributed by atoms with van der Waals surface area (Å²) in [6.45, 7) is 0.119. The van der Waals surface area contributed by atoms with Crippen molar-refractivity contribution in [1.29, 1.82) is 0 Å². The van der Waals surface area contributed by atoms with Crippen molar-refractivity contribution in [3.05, 3.63) is 29.8 Å². The van der Waals surface area contributed by atoms with Gasteiger partial charge < -0.3 is 10.4 Å². The van der Waals surface area contributed by atoms with Gasteiger partial charge in [0.05, 0.1) is 5.92 Å². The molecule has 0 saturated heterocycles. The van der Waals surface area contributed by atoms with Gasteiger partial charge >= 0.3 is 6.18 Å². The Morgan fingerprint density at radius 2 is 2.00 bits per heavy atom. The molecule has 1 fully saturated rings. The largest absolute Gasteiger partial charge is 0.508 e. The van der Waals surface area contributed by atoms with Crippen molar-refractivity contribution in [3.8, 4) is 5.75 Å². The number of hydrogen-bond acceptors (Lipinski definition) is 2. The minimum absolute atomic E-state index is 0.0215. The highest BCUT2D eigenvalue weighted by Crippen LogP contribution is 2.41. The quantitative estimate of drug-likeness (QED) is 0.899. The van der Waals surface area contributed by atoms with Gasteiger partial charge in [-0.15, -0.1) is 0 Å². The lowest BCUT2D eigenvalue weighted by Gasteiger charge is -2.32. The van der Waals surface area contributed by atoms with Gasteiger partial charge in [0, 0.05) is 12.5 Å². The fourth-order valence-corrected chi connectivity index (χ4v) is 2.82. The van der Waals surface area contributed by atoms with E-state index in [0.29, 0.717) is 18.4 Å². The first-order valence-electron chi connectivity index (χ1n) is 7.00. The number of hydrogen-bond donors (Lipinski definition) is 2. The first-order chi connectivity index (χ1) is 9.88. The summed E-state index contributed by atoms with van der Waals surface area (Å²) in [6.07, 6.45) is -2.87. The lowest BCUT2D eigenvalue weighted by molar-refractivity contribution is -0.198. The fourth-order valence-electron chi connectivity index (χ4n) is 2.82. The molecule has 6 heteroatoms. The maximum absolute atomic E-state index is 13.0. The summed E-state index contributed by atoms with van der Waals surface area (Å²) >= 11 is 0. The average Bonchev–Trinajstić information content (AvgIpc) is 2.44. The molecule has 3 nitrogen and oxygen atoms in total. The van der Waals surface area contributed by atoms with E-state index in [1.165, 1.54) is 12.1 Å². The molecule has 21 heavy (non-hydrogen) atoms. The van der Waals surface area contributed by atoms with Gasteiger partial charge in [0.2, 0.25) is 5.91 Å². The molecule has 0 heterocycles. The molecule has 2 unspecified atom stereocenters. The Labute approximate surface area is 121 Å². The Morgan fingerprint density at radius 3 is 2.67 bits per heavy atom. The summed E-state index contributed by atoms with van der Waals surface area (Å²) < 4.78 is 38.9. The van der Waals surface area contributed by atoms with E-state index in [4.69, 9.17) is 0 Å². The van der Waals surface area contributed by atoms with Crippen LogP contribution in [-0.2, 0) is 11.3 Å². The lowest BCUT2D eigenvalue weighted by Crippen LogP contribution is -2.42. The first kappa shape index (κ1) is 15.7. The van der Waals surface area contributed by atoms with Crippen LogP contribution in [0.15, 0.2) is 24.3 Å². The Hall–Kier alpha value is -1.72. The number of nitrogens with one attached hydrogen (secondary N) is 1. The van der Waals surface area contributed by atoms with Crippen molar-refractivity contribution in [1.82, 2.24) is 5.32 Å². The third-order valence-corrected chi connectivity index (χ3v) is 3.90. The van der Waals surface area contributed by atoms with Crippen molar-refractivity contribution in [2.24, 2.45) is 11.8 Å². The van der Waals surface area contributed by atoms with Crippen LogP contribution in [0.5, 0.6) is 5.75 Å². The molecule has 1 aromatic carbocycles. The molecular formula is C15H18F3NO2. The van der Waals surface area contributed by atoms with Gasteiger partial charge in [-0.3, -0.25) is 4.79 Å². The van der Waals surface area contributed by atoms with Crippen molar-refractivity contribution < 1.29 is 23.1 Å². The first-order valence-corrected chi connectivity index (χ1v) is 7.00. The van der Waals surface area contributed by atoms with Gasteiger partial charge in [-0.2, -0.15) is 13.2 Å². The Kier molecular flexibility index (Phi) is 4.75. The molecular weight excluding hydrogens is 283 g/mol. The van der Waals surface area contributed by atoms with Crippen LogP contribution in [0.25, 0.3) is 0 Å². The number of carbonyl (C=O) groups is 1. The van der Waals surface area contributed by atoms with Gasteiger partial charge in [-0.1, -0.05) is 25.0 Å². The van der Waals surface area contributed by atoms with Crippen LogP contribution in [0.2, 0.25) is 0 Å². The number of phenolic OH excluding ortho intramolecular Hbond substituents is 1. The number of phenols is 1. The average molecular weight is 301 g/mol. The number of benzene rings is 1. The molecule has 116 valence electrons. The Balaban J connectivity index is 1.98. The number of amides is 1. The zero-order valence-electron chi connectivity index (χ0n) is 11.5. The maximum atomic E-state index is 13.0. The van der Waals surface area contributed by atoms with E-state index in [1.54, 1.807) is 12.1 Å². The predicted molar refractivity (Wildman–Crippen MR) is 71.5 cm³/mol. The molecule has 1 aliphatic carbocycles. The normalized spacial score (nSPS) is 22.8. The minimum Gasteiger partial charge on any atom is -0.508 e. The molecule has 0 radical (unpaired) electrons. The number of rotatable bonds is 3. The Bertz CT molecular complexity index is 502. The van der Waals surface area contributed by atoms with E-state index in [1.807, 2.05) is 0 Å². The van der Waals surface area contributed by atoms with E-state index in [0.717, 1.165) is 0 Å². The number of halogens is 3. The predicted octanol–water partition coefficient (Wildman–Crippen LogP) is 3.38. The van der Waals surface area contributed by atoms with Crippen LogP contribution in [0, 0.1) is 11.8 Å². The van der Waals surface area contributed by atoms with Crippen molar-refractivity contribution >= 4 is 5.91 Å². The molecule has 0 aromatic heterocycles. The van der Waals surface area contributed by atoms with Crippen LogP contribution in [0.3, 0.4) is 0 Å². The van der Waals surface area contributed by atoms with E-state index in [2.05, 4.69) is 5.32 Å². The monoisotopic (exact) mass is 301 g/mol. The number of aromatic hydroxyl groups is 1. The molecule has 0 spiro atoms. The van der Waals surface area contributed by atoms with E-state index >= 15 is 0 Å². The van der Waals surface area contributed by atoms with Gasteiger partial charge in [0.1, 0.15) is 5.75 Å². The van der Waals surface area contributed by atoms with Gasteiger partial charge in [-0.25, -0.2) is 0 Å². The zero-order chi connectivity index (χ0) is 15.5. The van der Waals surface area contributed by atoms with E-state index < -0.39 is 23.9 Å². The third-order valence-electron chi connectivity index (χ3n) is 3.90. The molecule has 1 saturated carbocycles. The van der Waals surface area contributed by atoms with Gasteiger partial charge in [0.15, 0.2) is 0 Å². The highest BCUT2D eigenvalue weighted by atomic mass is 19.4. The molecule has 0 aliphatic heterocycles. The summed E-state index contributed by atoms with van der Waals surface area (Å²) in [5, 5.41) is 11.9. The second kappa shape index (κ2) is 6.37. The summed E-state index contributed by atoms with van der Waals surface area (Å²) in [5.41, 5.74) is 0.655. The summed E-state index contributed by atoms with van der Waals surface area (Å²) in [5.74, 6) is -3.04. The molecule has 2 atom stereocenters. The SMILES string of the molecule is O=C(NCc1cccc(O)c1)C1CCCCC1C(F)(F)F. The molecule has 0 bridgehead atoms. The van der Waals surface area contributed by atoms with E-state index in [-0.39, 0.29) is 25.1 Å². The molecule has 2 rings (SSSR count). The maximum Gasteiger partial charge on any atom is 0.392 e. The molecule has 2 N–H and O–H groups in total. The number of carbonyl (C=O) groups excluding carboxylic acids is 1. The highest BCUT2D eigenvalue weighted by molar-refractivity contribution is 5.79. The molecule has 1 amide bonds. The smallest absolute Gasteiger partial charge is 0.392 e. The van der Waals surface area contributed by atoms with Gasteiger partial charge in [0.25, 0.3) is 0 Å². The van der Waals surface area contributed by atoms with Crippen LogP contribution < -0.4 is 5.32 Å². The summed E-state index contributed by atoms with van der Waals surface area (Å²) in [4.78, 5) is 12.0. The van der Waals surface area contributed by atoms with Crippen LogP contribution in [-0.4, -0.2) is 17.2 Å². The summed E-state index contributed by atoms with van der Waals surface area (Å²) in [6, 6.07) is 6.28. The lowest BCUT2D eigenvalue weighted by atomic mass is 9.78. The number of alkyl halides is 3. The third kappa shape index (κ3) is 4.12. The second-order valence-corrected chi connectivity index (χ2v) is 5.43. The topological polar surface area (TPSA) is 49.3 Å². The van der Waals surface area contributed by atoms with Crippen molar-refractivity contribution in [3.63, 3.8) is 0 Å². The molecule has 1 aromatic rings. The Morgan fingerprint density at radius 1 is 1.29 bits per heavy atom. The van der Waals surface area contributed by atoms with Crippen LogP contribution in [0.1, 0.15) is 31.2 Å². The standard InChI is InChI=1S/C15H18F3NO2/c16-15(17,18)13-7-2-1-6-12(13)14(21)19-9-10-4-3-5-11(20)8-10/h3-5,8,12-13,20H,1-2,6-7,9H2,(H,19,21). The fraction of sp³-hybridized carbons (Fsp3) is 0.533. The highest BCUT2D eigenvalue weighted by Gasteiger charge is 2.47. The van der Waals surface area contributed by atoms with Crippen molar-refractivity contribution in [2.75, 3.05) is 0 Å². The minimum atomic E-state index is -4.33. The van der Waals surface area contributed by atoms with Crippen LogP contribution in [0.4, 0.5) is 13.2 Å². The zero-order valence-corrected chi connectivity index (χ0v) is 11.5.